The first-order valence-electron chi connectivity index (χ1n) is 6.54. The number of ether oxygens (including phenoxy) is 1. The van der Waals surface area contributed by atoms with E-state index in [1.165, 1.54) is 12.1 Å². The van der Waals surface area contributed by atoms with Gasteiger partial charge in [0.25, 0.3) is 0 Å². The van der Waals surface area contributed by atoms with Crippen molar-refractivity contribution in [1.82, 2.24) is 4.90 Å². The molecule has 0 aliphatic rings. The molecule has 3 nitrogen and oxygen atoms in total. The van der Waals surface area contributed by atoms with Crippen LogP contribution in [-0.2, 0) is 11.3 Å². The number of carbonyl (C=O) groups is 1. The molecule has 0 spiro atoms. The predicted octanol–water partition coefficient (Wildman–Crippen LogP) is 3.97. The summed E-state index contributed by atoms with van der Waals surface area (Å²) in [4.78, 5) is 13.7. The molecule has 0 aliphatic heterocycles. The zero-order valence-corrected chi connectivity index (χ0v) is 12.1. The summed E-state index contributed by atoms with van der Waals surface area (Å²) in [6.45, 7) is 8.57. The second-order valence-corrected chi connectivity index (χ2v) is 5.53. The van der Waals surface area contributed by atoms with E-state index in [9.17, 15) is 9.18 Å². The molecule has 0 saturated carbocycles. The molecule has 0 aliphatic carbocycles. The molecule has 0 bridgehead atoms. The molecule has 0 fully saturated rings. The van der Waals surface area contributed by atoms with E-state index in [0.29, 0.717) is 13.1 Å². The van der Waals surface area contributed by atoms with Gasteiger partial charge in [-0.25, -0.2) is 9.18 Å². The molecule has 4 heteroatoms. The van der Waals surface area contributed by atoms with Crippen LogP contribution in [0.5, 0.6) is 0 Å². The van der Waals surface area contributed by atoms with Gasteiger partial charge in [0.2, 0.25) is 0 Å². The van der Waals surface area contributed by atoms with Gasteiger partial charge >= 0.3 is 6.09 Å². The third kappa shape index (κ3) is 5.73. The number of halogens is 1. The molecule has 1 aromatic carbocycles. The van der Waals surface area contributed by atoms with E-state index in [1.807, 2.05) is 27.7 Å². The van der Waals surface area contributed by atoms with Crippen LogP contribution in [0.1, 0.15) is 39.7 Å². The molecule has 1 aromatic rings. The number of rotatable bonds is 4. The lowest BCUT2D eigenvalue weighted by atomic mass is 10.2. The van der Waals surface area contributed by atoms with Gasteiger partial charge in [0.15, 0.2) is 0 Å². The van der Waals surface area contributed by atoms with Crippen molar-refractivity contribution in [2.75, 3.05) is 6.54 Å². The minimum Gasteiger partial charge on any atom is -0.444 e. The van der Waals surface area contributed by atoms with Crippen LogP contribution in [-0.4, -0.2) is 23.1 Å². The Kier molecular flexibility index (Phi) is 5.33. The predicted molar refractivity (Wildman–Crippen MR) is 73.3 cm³/mol. The van der Waals surface area contributed by atoms with Crippen molar-refractivity contribution in [2.24, 2.45) is 0 Å². The van der Waals surface area contributed by atoms with E-state index in [0.717, 1.165) is 12.0 Å². The van der Waals surface area contributed by atoms with Gasteiger partial charge < -0.3 is 9.64 Å². The van der Waals surface area contributed by atoms with Gasteiger partial charge in [0, 0.05) is 13.1 Å². The van der Waals surface area contributed by atoms with Gasteiger partial charge in [0.1, 0.15) is 11.4 Å². The van der Waals surface area contributed by atoms with Crippen molar-refractivity contribution >= 4 is 6.09 Å². The zero-order chi connectivity index (χ0) is 14.5. The monoisotopic (exact) mass is 267 g/mol. The van der Waals surface area contributed by atoms with Gasteiger partial charge in [-0.05, 0) is 44.9 Å². The number of hydrogen-bond acceptors (Lipinski definition) is 2. The maximum atomic E-state index is 12.8. The van der Waals surface area contributed by atoms with Crippen LogP contribution in [0, 0.1) is 5.82 Å². The van der Waals surface area contributed by atoms with Crippen LogP contribution in [0.2, 0.25) is 0 Å². The Balaban J connectivity index is 2.72. The van der Waals surface area contributed by atoms with Crippen LogP contribution in [0.4, 0.5) is 9.18 Å². The summed E-state index contributed by atoms with van der Waals surface area (Å²) in [5.41, 5.74) is 0.381. The van der Waals surface area contributed by atoms with Crippen LogP contribution in [0.3, 0.4) is 0 Å². The fourth-order valence-corrected chi connectivity index (χ4v) is 1.64. The lowest BCUT2D eigenvalue weighted by Crippen LogP contribution is -2.36. The van der Waals surface area contributed by atoms with Crippen molar-refractivity contribution in [3.05, 3.63) is 35.6 Å². The Bertz CT molecular complexity index is 409. The third-order valence-electron chi connectivity index (χ3n) is 2.43. The number of amides is 1. The Labute approximate surface area is 114 Å². The topological polar surface area (TPSA) is 29.5 Å². The van der Waals surface area contributed by atoms with Crippen LogP contribution < -0.4 is 0 Å². The Hall–Kier alpha value is -1.58. The van der Waals surface area contributed by atoms with Gasteiger partial charge in [-0.1, -0.05) is 19.1 Å². The maximum Gasteiger partial charge on any atom is 0.410 e. The molecule has 1 rings (SSSR count). The molecule has 0 saturated heterocycles. The summed E-state index contributed by atoms with van der Waals surface area (Å²) in [6, 6.07) is 6.16. The first-order valence-corrected chi connectivity index (χ1v) is 6.54. The summed E-state index contributed by atoms with van der Waals surface area (Å²) < 4.78 is 18.2. The number of hydrogen-bond donors (Lipinski definition) is 0. The molecule has 0 atom stereocenters. The first kappa shape index (κ1) is 15.5. The SMILES string of the molecule is CCCN(Cc1ccc(F)cc1)C(=O)OC(C)(C)C. The molecule has 0 heterocycles. The van der Waals surface area contributed by atoms with E-state index < -0.39 is 5.60 Å². The third-order valence-corrected chi connectivity index (χ3v) is 2.43. The van der Waals surface area contributed by atoms with Crippen molar-refractivity contribution in [3.8, 4) is 0 Å². The van der Waals surface area contributed by atoms with Gasteiger partial charge in [-0.15, -0.1) is 0 Å². The van der Waals surface area contributed by atoms with Crippen LogP contribution in [0.15, 0.2) is 24.3 Å². The maximum absolute atomic E-state index is 12.8. The van der Waals surface area contributed by atoms with Crippen molar-refractivity contribution < 1.29 is 13.9 Å². The van der Waals surface area contributed by atoms with Crippen LogP contribution >= 0.6 is 0 Å². The fourth-order valence-electron chi connectivity index (χ4n) is 1.64. The van der Waals surface area contributed by atoms with E-state index in [4.69, 9.17) is 4.74 Å². The number of carbonyl (C=O) groups excluding carboxylic acids is 1. The minimum atomic E-state index is -0.508. The summed E-state index contributed by atoms with van der Waals surface area (Å²) in [5.74, 6) is -0.275. The van der Waals surface area contributed by atoms with Crippen molar-refractivity contribution in [3.63, 3.8) is 0 Å². The Morgan fingerprint density at radius 3 is 2.32 bits per heavy atom. The molecule has 0 N–H and O–H groups in total. The smallest absolute Gasteiger partial charge is 0.410 e. The minimum absolute atomic E-state index is 0.275. The van der Waals surface area contributed by atoms with Gasteiger partial charge in [-0.2, -0.15) is 0 Å². The van der Waals surface area contributed by atoms with E-state index in [1.54, 1.807) is 17.0 Å². The van der Waals surface area contributed by atoms with Crippen molar-refractivity contribution in [2.45, 2.75) is 46.3 Å². The average Bonchev–Trinajstić information content (AvgIpc) is 2.29. The largest absolute Gasteiger partial charge is 0.444 e. The van der Waals surface area contributed by atoms with Gasteiger partial charge in [-0.3, -0.25) is 0 Å². The second-order valence-electron chi connectivity index (χ2n) is 5.53. The summed E-state index contributed by atoms with van der Waals surface area (Å²) in [7, 11) is 0. The first-order chi connectivity index (χ1) is 8.81. The Morgan fingerprint density at radius 2 is 1.84 bits per heavy atom. The van der Waals surface area contributed by atoms with Crippen molar-refractivity contribution in [1.29, 1.82) is 0 Å². The van der Waals surface area contributed by atoms with Crippen LogP contribution in [0.25, 0.3) is 0 Å². The molecule has 106 valence electrons. The number of benzene rings is 1. The molecule has 0 aromatic heterocycles. The van der Waals surface area contributed by atoms with E-state index in [-0.39, 0.29) is 11.9 Å². The normalized spacial score (nSPS) is 11.2. The summed E-state index contributed by atoms with van der Waals surface area (Å²) >= 11 is 0. The number of nitrogens with zero attached hydrogens (tertiary/aromatic N) is 1. The average molecular weight is 267 g/mol. The molecular weight excluding hydrogens is 245 g/mol. The highest BCUT2D eigenvalue weighted by atomic mass is 19.1. The molecule has 0 unspecified atom stereocenters. The van der Waals surface area contributed by atoms with Gasteiger partial charge in [0.05, 0.1) is 0 Å². The van der Waals surface area contributed by atoms with E-state index in [2.05, 4.69) is 0 Å². The lowest BCUT2D eigenvalue weighted by Gasteiger charge is -2.27. The summed E-state index contributed by atoms with van der Waals surface area (Å²) in [6.07, 6.45) is 0.513. The zero-order valence-electron chi connectivity index (χ0n) is 12.1. The standard InChI is InChI=1S/C15H22FNO2/c1-5-10-17(14(18)19-15(2,3)4)11-12-6-8-13(16)9-7-12/h6-9H,5,10-11H2,1-4H3. The second kappa shape index (κ2) is 6.55. The highest BCUT2D eigenvalue weighted by Gasteiger charge is 2.21. The Morgan fingerprint density at radius 1 is 1.26 bits per heavy atom. The fraction of sp³-hybridized carbons (Fsp3) is 0.533. The molecular formula is C15H22FNO2. The molecule has 1 amide bonds. The van der Waals surface area contributed by atoms with E-state index >= 15 is 0 Å². The highest BCUT2D eigenvalue weighted by molar-refractivity contribution is 5.68. The molecule has 19 heavy (non-hydrogen) atoms. The summed E-state index contributed by atoms with van der Waals surface area (Å²) in [5, 5.41) is 0. The highest BCUT2D eigenvalue weighted by Crippen LogP contribution is 2.13. The molecule has 0 radical (unpaired) electrons. The lowest BCUT2D eigenvalue weighted by molar-refractivity contribution is 0.0233. The quantitative estimate of drug-likeness (QED) is 0.826.